The minimum atomic E-state index is -5.75. The number of hydrogen-bond acceptors (Lipinski definition) is 5. The van der Waals surface area contributed by atoms with E-state index in [2.05, 4.69) is 25.0 Å². The number of hydrogen-bond donors (Lipinski definition) is 0. The molecule has 25 heavy (non-hydrogen) atoms. The summed E-state index contributed by atoms with van der Waals surface area (Å²) in [6.07, 6.45) is 0.823. The molecule has 0 aliphatic carbocycles. The van der Waals surface area contributed by atoms with Gasteiger partial charge in [-0.05, 0) is 30.3 Å². The van der Waals surface area contributed by atoms with Crippen LogP contribution in [-0.2, 0) is 10.1 Å². The van der Waals surface area contributed by atoms with Crippen molar-refractivity contribution >= 4 is 29.4 Å². The van der Waals surface area contributed by atoms with E-state index in [0.29, 0.717) is 5.75 Å². The third-order valence-electron chi connectivity index (χ3n) is 4.17. The summed E-state index contributed by atoms with van der Waals surface area (Å²) in [5.74, 6) is -0.0233. The highest BCUT2D eigenvalue weighted by Gasteiger charge is 2.49. The van der Waals surface area contributed by atoms with Crippen molar-refractivity contribution in [3.63, 3.8) is 0 Å². The second kappa shape index (κ2) is 5.94. The van der Waals surface area contributed by atoms with Crippen molar-refractivity contribution < 1.29 is 34.6 Å². The number of halogens is 3. The Hall–Kier alpha value is -1.68. The first-order valence-corrected chi connectivity index (χ1v) is 11.7. The van der Waals surface area contributed by atoms with Gasteiger partial charge in [0.05, 0.1) is 5.39 Å². The highest BCUT2D eigenvalue weighted by atomic mass is 32.2. The standard InChI is InChI=1S/C15H19F3O5SSi/c1-14(2,3)25(4,5)23-10-6-7-11-12(8-10)21-9-13(11)22-24(19,20)15(16,17)18/h6-9H,1-5H3. The van der Waals surface area contributed by atoms with Crippen LogP contribution in [0.5, 0.6) is 11.5 Å². The molecule has 140 valence electrons. The number of furan rings is 1. The SMILES string of the molecule is CC(C)(C)[Si](C)(C)Oc1ccc2c(OS(=O)(=O)C(F)(F)F)coc2c1. The van der Waals surface area contributed by atoms with Gasteiger partial charge in [0.2, 0.25) is 8.32 Å². The molecule has 2 aromatic rings. The zero-order valence-electron chi connectivity index (χ0n) is 14.4. The fraction of sp³-hybridized carbons (Fsp3) is 0.467. The summed E-state index contributed by atoms with van der Waals surface area (Å²) >= 11 is 0. The van der Waals surface area contributed by atoms with E-state index in [1.54, 1.807) is 6.07 Å². The number of fused-ring (bicyclic) bond motifs is 1. The Balaban J connectivity index is 2.34. The summed E-state index contributed by atoms with van der Waals surface area (Å²) in [7, 11) is -7.86. The van der Waals surface area contributed by atoms with E-state index in [1.807, 2.05) is 13.1 Å². The Kier molecular flexibility index (Phi) is 4.67. The minimum Gasteiger partial charge on any atom is -0.543 e. The van der Waals surface area contributed by atoms with Gasteiger partial charge >= 0.3 is 15.6 Å². The molecule has 0 spiro atoms. The van der Waals surface area contributed by atoms with Gasteiger partial charge in [0.15, 0.2) is 5.75 Å². The van der Waals surface area contributed by atoms with Crippen LogP contribution in [-0.4, -0.2) is 22.2 Å². The van der Waals surface area contributed by atoms with Gasteiger partial charge in [0, 0.05) is 6.07 Å². The summed E-state index contributed by atoms with van der Waals surface area (Å²) in [6.45, 7) is 10.3. The summed E-state index contributed by atoms with van der Waals surface area (Å²) in [6, 6.07) is 4.46. The van der Waals surface area contributed by atoms with Crippen molar-refractivity contribution in [3.05, 3.63) is 24.5 Å². The minimum absolute atomic E-state index is 0.0415. The molecule has 0 saturated heterocycles. The van der Waals surface area contributed by atoms with Crippen LogP contribution in [0, 0.1) is 0 Å². The maximum atomic E-state index is 12.4. The first-order valence-electron chi connectivity index (χ1n) is 7.35. The lowest BCUT2D eigenvalue weighted by atomic mass is 10.2. The molecule has 0 bridgehead atoms. The largest absolute Gasteiger partial charge is 0.543 e. The molecule has 0 atom stereocenters. The van der Waals surface area contributed by atoms with Gasteiger partial charge in [-0.1, -0.05) is 20.8 Å². The van der Waals surface area contributed by atoms with Crippen LogP contribution < -0.4 is 8.61 Å². The van der Waals surface area contributed by atoms with Crippen molar-refractivity contribution in [3.8, 4) is 11.5 Å². The monoisotopic (exact) mass is 396 g/mol. The smallest absolute Gasteiger partial charge is 0.534 e. The summed E-state index contributed by atoms with van der Waals surface area (Å²) in [5.41, 5.74) is -5.34. The molecule has 1 heterocycles. The fourth-order valence-electron chi connectivity index (χ4n) is 1.73. The Labute approximate surface area is 145 Å². The third-order valence-corrected chi connectivity index (χ3v) is 9.50. The van der Waals surface area contributed by atoms with Gasteiger partial charge < -0.3 is 13.0 Å². The van der Waals surface area contributed by atoms with Crippen LogP contribution in [0.1, 0.15) is 20.8 Å². The molecule has 0 N–H and O–H groups in total. The zero-order chi connectivity index (χ0) is 19.3. The van der Waals surface area contributed by atoms with E-state index in [4.69, 9.17) is 8.84 Å². The molecule has 0 aliphatic heterocycles. The van der Waals surface area contributed by atoms with Crippen LogP contribution in [0.15, 0.2) is 28.9 Å². The molecule has 0 unspecified atom stereocenters. The lowest BCUT2D eigenvalue weighted by Crippen LogP contribution is -2.43. The lowest BCUT2D eigenvalue weighted by molar-refractivity contribution is -0.0499. The summed E-state index contributed by atoms with van der Waals surface area (Å²) < 4.78 is 74.9. The Morgan fingerprint density at radius 3 is 2.24 bits per heavy atom. The van der Waals surface area contributed by atoms with Crippen LogP contribution >= 0.6 is 0 Å². The molecule has 0 aliphatic rings. The second-order valence-corrected chi connectivity index (χ2v) is 13.4. The molecule has 0 fully saturated rings. The van der Waals surface area contributed by atoms with Gasteiger partial charge in [-0.2, -0.15) is 21.6 Å². The topological polar surface area (TPSA) is 65.7 Å². The van der Waals surface area contributed by atoms with Gasteiger partial charge in [0.1, 0.15) is 17.6 Å². The Morgan fingerprint density at radius 2 is 1.72 bits per heavy atom. The molecule has 10 heteroatoms. The van der Waals surface area contributed by atoms with E-state index in [1.165, 1.54) is 12.1 Å². The number of rotatable bonds is 4. The maximum absolute atomic E-state index is 12.4. The molecule has 5 nitrogen and oxygen atoms in total. The molecule has 0 radical (unpaired) electrons. The summed E-state index contributed by atoms with van der Waals surface area (Å²) in [5, 5.41) is 0.0654. The molecule has 2 rings (SSSR count). The molecule has 0 amide bonds. The number of benzene rings is 1. The molecule has 1 aromatic carbocycles. The van der Waals surface area contributed by atoms with Crippen LogP contribution in [0.2, 0.25) is 18.1 Å². The molecular formula is C15H19F3O5SSi. The van der Waals surface area contributed by atoms with Crippen molar-refractivity contribution in [2.45, 2.75) is 44.4 Å². The maximum Gasteiger partial charge on any atom is 0.534 e. The zero-order valence-corrected chi connectivity index (χ0v) is 16.2. The number of alkyl halides is 3. The van der Waals surface area contributed by atoms with E-state index < -0.39 is 29.7 Å². The molecule has 0 saturated carbocycles. The van der Waals surface area contributed by atoms with Crippen LogP contribution in [0.3, 0.4) is 0 Å². The second-order valence-electron chi connectivity index (χ2n) is 7.10. The predicted molar refractivity (Wildman–Crippen MR) is 89.6 cm³/mol. The Morgan fingerprint density at radius 1 is 1.12 bits per heavy atom. The van der Waals surface area contributed by atoms with E-state index in [0.717, 1.165) is 6.26 Å². The quantitative estimate of drug-likeness (QED) is 0.411. The average molecular weight is 396 g/mol. The van der Waals surface area contributed by atoms with Crippen molar-refractivity contribution in [2.24, 2.45) is 0 Å². The first-order chi connectivity index (χ1) is 11.1. The van der Waals surface area contributed by atoms with Crippen LogP contribution in [0.25, 0.3) is 11.0 Å². The van der Waals surface area contributed by atoms with Gasteiger partial charge in [-0.3, -0.25) is 0 Å². The van der Waals surface area contributed by atoms with Gasteiger partial charge in [-0.15, -0.1) is 0 Å². The fourth-order valence-corrected chi connectivity index (χ4v) is 3.21. The summed E-state index contributed by atoms with van der Waals surface area (Å²) in [4.78, 5) is 0. The average Bonchev–Trinajstić information content (AvgIpc) is 2.77. The van der Waals surface area contributed by atoms with E-state index >= 15 is 0 Å². The highest BCUT2D eigenvalue weighted by Crippen LogP contribution is 2.39. The lowest BCUT2D eigenvalue weighted by Gasteiger charge is -2.36. The highest BCUT2D eigenvalue weighted by molar-refractivity contribution is 7.88. The molecular weight excluding hydrogens is 377 g/mol. The van der Waals surface area contributed by atoms with Crippen molar-refractivity contribution in [1.82, 2.24) is 0 Å². The molecule has 1 aromatic heterocycles. The van der Waals surface area contributed by atoms with E-state index in [9.17, 15) is 21.6 Å². The van der Waals surface area contributed by atoms with Crippen molar-refractivity contribution in [2.75, 3.05) is 0 Å². The van der Waals surface area contributed by atoms with Gasteiger partial charge in [0.25, 0.3) is 0 Å². The van der Waals surface area contributed by atoms with Crippen molar-refractivity contribution in [1.29, 1.82) is 0 Å². The first kappa shape index (κ1) is 19.6. The van der Waals surface area contributed by atoms with Crippen LogP contribution in [0.4, 0.5) is 13.2 Å². The normalized spacial score (nSPS) is 13.9. The van der Waals surface area contributed by atoms with Gasteiger partial charge in [-0.25, -0.2) is 0 Å². The van der Waals surface area contributed by atoms with E-state index in [-0.39, 0.29) is 16.0 Å². The predicted octanol–water partition coefficient (Wildman–Crippen LogP) is 5.05. The third kappa shape index (κ3) is 3.95. The Bertz CT molecular complexity index is 879.